The highest BCUT2D eigenvalue weighted by atomic mass is 16.5. The summed E-state index contributed by atoms with van der Waals surface area (Å²) < 4.78 is 0. The predicted molar refractivity (Wildman–Crippen MR) is 69.2 cm³/mol. The lowest BCUT2D eigenvalue weighted by molar-refractivity contribution is -0.160. The molecule has 0 aliphatic rings. The van der Waals surface area contributed by atoms with Crippen molar-refractivity contribution in [3.63, 3.8) is 0 Å². The molecule has 0 aliphatic carbocycles. The van der Waals surface area contributed by atoms with Gasteiger partial charge in [0.2, 0.25) is 5.91 Å². The first-order valence-electron chi connectivity index (χ1n) is 5.80. The summed E-state index contributed by atoms with van der Waals surface area (Å²) >= 11 is 0. The molecule has 0 saturated carbocycles. The van der Waals surface area contributed by atoms with E-state index in [2.05, 4.69) is 5.32 Å². The quantitative estimate of drug-likeness (QED) is 0.275. The third kappa shape index (κ3) is 6.78. The van der Waals surface area contributed by atoms with Gasteiger partial charge in [0, 0.05) is 24.3 Å². The summed E-state index contributed by atoms with van der Waals surface area (Å²) in [7, 11) is 0. The number of benzene rings is 1. The van der Waals surface area contributed by atoms with Gasteiger partial charge in [-0.05, 0) is 37.1 Å². The van der Waals surface area contributed by atoms with Gasteiger partial charge in [-0.25, -0.2) is 0 Å². The van der Waals surface area contributed by atoms with E-state index in [4.69, 9.17) is 21.7 Å². The normalized spacial score (nSPS) is 11.5. The van der Waals surface area contributed by atoms with Crippen LogP contribution in [0.15, 0.2) is 24.3 Å². The second-order valence-corrected chi connectivity index (χ2v) is 4.24. The van der Waals surface area contributed by atoms with Gasteiger partial charge in [-0.2, -0.15) is 0 Å². The van der Waals surface area contributed by atoms with Gasteiger partial charge in [-0.1, -0.05) is 6.42 Å². The lowest BCUT2D eigenvalue weighted by Gasteiger charge is -2.14. The summed E-state index contributed by atoms with van der Waals surface area (Å²) in [5, 5.41) is 21.0. The number of aliphatic hydroxyl groups is 2. The Kier molecular flexibility index (Phi) is 5.21. The zero-order valence-electron chi connectivity index (χ0n) is 9.89. The minimum atomic E-state index is -2.02. The van der Waals surface area contributed by atoms with Gasteiger partial charge in [0.1, 0.15) is 0 Å². The number of hydrogen-bond acceptors (Lipinski definition) is 5. The molecule has 1 aromatic carbocycles. The lowest BCUT2D eigenvalue weighted by Crippen LogP contribution is -2.38. The molecule has 0 amide bonds. The molecule has 0 aromatic heterocycles. The van der Waals surface area contributed by atoms with E-state index in [9.17, 15) is 0 Å². The SMILES string of the molecule is Nc1ccc(NCCCCCC(N)(O)O)cc1. The smallest absolute Gasteiger partial charge is 0.219 e. The minimum Gasteiger partial charge on any atom is -0.399 e. The fourth-order valence-corrected chi connectivity index (χ4v) is 1.52. The van der Waals surface area contributed by atoms with Crippen LogP contribution in [0, 0.1) is 0 Å². The molecular weight excluding hydrogens is 218 g/mol. The van der Waals surface area contributed by atoms with Gasteiger partial charge < -0.3 is 21.3 Å². The number of nitrogens with one attached hydrogen (secondary N) is 1. The molecule has 0 saturated heterocycles. The Balaban J connectivity index is 2.07. The highest BCUT2D eigenvalue weighted by molar-refractivity contribution is 5.50. The monoisotopic (exact) mass is 239 g/mol. The van der Waals surface area contributed by atoms with Crippen molar-refractivity contribution in [3.8, 4) is 0 Å². The second kappa shape index (κ2) is 6.44. The van der Waals surface area contributed by atoms with Crippen LogP contribution in [-0.2, 0) is 0 Å². The van der Waals surface area contributed by atoms with Crippen molar-refractivity contribution in [3.05, 3.63) is 24.3 Å². The Morgan fingerprint density at radius 3 is 2.29 bits per heavy atom. The number of rotatable bonds is 7. The molecule has 0 heterocycles. The van der Waals surface area contributed by atoms with E-state index in [1.54, 1.807) is 0 Å². The van der Waals surface area contributed by atoms with Crippen molar-refractivity contribution in [2.75, 3.05) is 17.6 Å². The summed E-state index contributed by atoms with van der Waals surface area (Å²) in [6.45, 7) is 0.846. The zero-order chi connectivity index (χ0) is 12.7. The number of unbranched alkanes of at least 4 members (excludes halogenated alkanes) is 2. The topological polar surface area (TPSA) is 105 Å². The van der Waals surface area contributed by atoms with Gasteiger partial charge >= 0.3 is 0 Å². The maximum atomic E-state index is 8.88. The van der Waals surface area contributed by atoms with Crippen LogP contribution in [0.25, 0.3) is 0 Å². The van der Waals surface area contributed by atoms with Crippen molar-refractivity contribution >= 4 is 11.4 Å². The molecule has 1 rings (SSSR count). The molecule has 0 radical (unpaired) electrons. The Hall–Kier alpha value is -1.30. The molecule has 0 aliphatic heterocycles. The second-order valence-electron chi connectivity index (χ2n) is 4.24. The maximum absolute atomic E-state index is 8.88. The van der Waals surface area contributed by atoms with Gasteiger partial charge in [-0.3, -0.25) is 5.73 Å². The molecular formula is C12H21N3O2. The number of anilines is 2. The van der Waals surface area contributed by atoms with Crippen molar-refractivity contribution in [1.82, 2.24) is 0 Å². The van der Waals surface area contributed by atoms with Gasteiger partial charge in [-0.15, -0.1) is 0 Å². The largest absolute Gasteiger partial charge is 0.399 e. The molecule has 0 unspecified atom stereocenters. The van der Waals surface area contributed by atoms with Crippen molar-refractivity contribution in [2.24, 2.45) is 5.73 Å². The molecule has 0 bridgehead atoms. The average Bonchev–Trinajstić information content (AvgIpc) is 2.24. The average molecular weight is 239 g/mol. The lowest BCUT2D eigenvalue weighted by atomic mass is 10.1. The van der Waals surface area contributed by atoms with E-state index in [0.717, 1.165) is 30.8 Å². The third-order valence-electron chi connectivity index (χ3n) is 2.46. The summed E-state index contributed by atoms with van der Waals surface area (Å²) in [6, 6.07) is 7.56. The van der Waals surface area contributed by atoms with Crippen LogP contribution in [0.1, 0.15) is 25.7 Å². The van der Waals surface area contributed by atoms with Crippen molar-refractivity contribution in [2.45, 2.75) is 31.6 Å². The first kappa shape index (κ1) is 13.8. The third-order valence-corrected chi connectivity index (χ3v) is 2.46. The molecule has 5 heteroatoms. The summed E-state index contributed by atoms with van der Waals surface area (Å²) in [4.78, 5) is 0. The summed E-state index contributed by atoms with van der Waals surface area (Å²) in [6.07, 6.45) is 2.77. The Bertz CT molecular complexity index is 320. The van der Waals surface area contributed by atoms with Crippen LogP contribution in [0.3, 0.4) is 0 Å². The van der Waals surface area contributed by atoms with E-state index < -0.39 is 5.91 Å². The minimum absolute atomic E-state index is 0.203. The zero-order valence-corrected chi connectivity index (χ0v) is 9.89. The standard InChI is InChI=1S/C12H21N3O2/c13-10-4-6-11(7-5-10)15-9-3-1-2-8-12(14,16)17/h4-7,15-17H,1-3,8-9,13-14H2. The molecule has 0 spiro atoms. The molecule has 96 valence electrons. The van der Waals surface area contributed by atoms with E-state index >= 15 is 0 Å². The number of hydrogen-bond donors (Lipinski definition) is 5. The van der Waals surface area contributed by atoms with Crippen molar-refractivity contribution in [1.29, 1.82) is 0 Å². The van der Waals surface area contributed by atoms with Gasteiger partial charge in [0.15, 0.2) is 0 Å². The molecule has 0 fully saturated rings. The van der Waals surface area contributed by atoms with Gasteiger partial charge in [0.05, 0.1) is 0 Å². The van der Waals surface area contributed by atoms with E-state index in [0.29, 0.717) is 6.42 Å². The van der Waals surface area contributed by atoms with Crippen LogP contribution in [0.2, 0.25) is 0 Å². The molecule has 17 heavy (non-hydrogen) atoms. The Morgan fingerprint density at radius 2 is 1.71 bits per heavy atom. The van der Waals surface area contributed by atoms with E-state index in [1.807, 2.05) is 24.3 Å². The van der Waals surface area contributed by atoms with Crippen LogP contribution in [-0.4, -0.2) is 22.7 Å². The van der Waals surface area contributed by atoms with Crippen LogP contribution < -0.4 is 16.8 Å². The van der Waals surface area contributed by atoms with Crippen LogP contribution in [0.5, 0.6) is 0 Å². The molecule has 5 nitrogen and oxygen atoms in total. The molecule has 1 aromatic rings. The predicted octanol–water partition coefficient (Wildman–Crippen LogP) is 0.838. The summed E-state index contributed by atoms with van der Waals surface area (Å²) in [5.41, 5.74) is 12.4. The number of nitrogens with two attached hydrogens (primary N) is 2. The van der Waals surface area contributed by atoms with Crippen LogP contribution in [0.4, 0.5) is 11.4 Å². The highest BCUT2D eigenvalue weighted by Gasteiger charge is 2.13. The Morgan fingerprint density at radius 1 is 1.06 bits per heavy atom. The van der Waals surface area contributed by atoms with Gasteiger partial charge in [0.25, 0.3) is 0 Å². The fraction of sp³-hybridized carbons (Fsp3) is 0.500. The maximum Gasteiger partial charge on any atom is 0.219 e. The van der Waals surface area contributed by atoms with E-state index in [-0.39, 0.29) is 6.42 Å². The fourth-order valence-electron chi connectivity index (χ4n) is 1.52. The number of nitrogen functional groups attached to an aromatic ring is 1. The molecule has 0 atom stereocenters. The summed E-state index contributed by atoms with van der Waals surface area (Å²) in [5.74, 6) is -2.02. The van der Waals surface area contributed by atoms with Crippen LogP contribution >= 0.6 is 0 Å². The van der Waals surface area contributed by atoms with E-state index in [1.165, 1.54) is 0 Å². The van der Waals surface area contributed by atoms with Crippen molar-refractivity contribution < 1.29 is 10.2 Å². The Labute approximate surface area is 101 Å². The first-order chi connectivity index (χ1) is 7.97. The highest BCUT2D eigenvalue weighted by Crippen LogP contribution is 2.11. The first-order valence-corrected chi connectivity index (χ1v) is 5.80. The molecule has 7 N–H and O–H groups in total.